The third-order valence-corrected chi connectivity index (χ3v) is 6.15. The van der Waals surface area contributed by atoms with Gasteiger partial charge in [-0.2, -0.15) is 5.26 Å². The van der Waals surface area contributed by atoms with Crippen molar-refractivity contribution in [2.45, 2.75) is 57.7 Å². The number of nitrogens with zero attached hydrogens (tertiary/aromatic N) is 2. The van der Waals surface area contributed by atoms with Crippen molar-refractivity contribution in [1.29, 1.82) is 5.26 Å². The number of carbonyl (C=O) groups is 4. The number of hydrogen-bond donors (Lipinski definition) is 4. The second-order valence-corrected chi connectivity index (χ2v) is 9.15. The molecule has 2 aromatic rings. The van der Waals surface area contributed by atoms with E-state index in [9.17, 15) is 28.8 Å². The smallest absolute Gasteiger partial charge is 0.408 e. The first-order valence-corrected chi connectivity index (χ1v) is 12.6. The molecule has 0 spiro atoms. The maximum atomic E-state index is 13.5. The zero-order chi connectivity index (χ0) is 28.4. The van der Waals surface area contributed by atoms with Gasteiger partial charge in [-0.3, -0.25) is 14.4 Å². The third kappa shape index (κ3) is 8.53. The van der Waals surface area contributed by atoms with Crippen LogP contribution in [-0.4, -0.2) is 60.2 Å². The lowest BCUT2D eigenvalue weighted by Gasteiger charge is -2.30. The van der Waals surface area contributed by atoms with E-state index in [-0.39, 0.29) is 31.0 Å². The number of nitrogens with one attached hydrogen (secondary N) is 4. The highest BCUT2D eigenvalue weighted by atomic mass is 19.1. The summed E-state index contributed by atoms with van der Waals surface area (Å²) in [6.07, 6.45) is -1.04. The standard InChI is InChI=1S/C26H31FN6O6/c1-3-29-26(37)38-22(14-28)19(13-17-5-4-10-30-23(17)34)31-24(35)20(12-16-6-8-18(27)9-7-16)32-25(36)21-11-15(2)39-33-21/h6-9,11,17,19-20,22H,3-5,10,12-13H2,1-2H3,(H,29,37)(H,30,34)(H,31,35)(H,32,36)/t17-,19-,20-,22+/m0/s1. The Labute approximate surface area is 224 Å². The largest absolute Gasteiger partial charge is 0.429 e. The van der Waals surface area contributed by atoms with Gasteiger partial charge in [0.2, 0.25) is 17.9 Å². The van der Waals surface area contributed by atoms with Gasteiger partial charge in [-0.1, -0.05) is 17.3 Å². The van der Waals surface area contributed by atoms with Gasteiger partial charge in [0.05, 0.1) is 6.04 Å². The predicted octanol–water partition coefficient (Wildman–Crippen LogP) is 1.50. The average molecular weight is 543 g/mol. The van der Waals surface area contributed by atoms with Crippen molar-refractivity contribution in [3.05, 3.63) is 53.2 Å². The molecule has 3 rings (SSSR count). The van der Waals surface area contributed by atoms with Crippen molar-refractivity contribution >= 4 is 23.8 Å². The predicted molar refractivity (Wildman–Crippen MR) is 134 cm³/mol. The number of aromatic nitrogens is 1. The fourth-order valence-corrected chi connectivity index (χ4v) is 4.18. The second kappa shape index (κ2) is 13.9. The van der Waals surface area contributed by atoms with Gasteiger partial charge in [-0.05, 0) is 50.8 Å². The number of carbonyl (C=O) groups excluding carboxylic acids is 4. The number of ether oxygens (including phenoxy) is 1. The normalized spacial score (nSPS) is 17.1. The third-order valence-electron chi connectivity index (χ3n) is 6.15. The highest BCUT2D eigenvalue weighted by molar-refractivity contribution is 5.96. The Morgan fingerprint density at radius 1 is 1.28 bits per heavy atom. The Bertz CT molecular complexity index is 1210. The maximum absolute atomic E-state index is 13.5. The minimum atomic E-state index is -1.42. The minimum Gasteiger partial charge on any atom is -0.429 e. The van der Waals surface area contributed by atoms with Crippen molar-refractivity contribution in [3.8, 4) is 6.07 Å². The lowest BCUT2D eigenvalue weighted by molar-refractivity contribution is -0.129. The molecule has 0 radical (unpaired) electrons. The monoisotopic (exact) mass is 542 g/mol. The number of nitriles is 1. The van der Waals surface area contributed by atoms with E-state index in [0.29, 0.717) is 30.7 Å². The molecular weight excluding hydrogens is 511 g/mol. The van der Waals surface area contributed by atoms with Crippen molar-refractivity contribution in [2.75, 3.05) is 13.1 Å². The molecule has 4 amide bonds. The molecule has 2 heterocycles. The summed E-state index contributed by atoms with van der Waals surface area (Å²) in [5.41, 5.74) is 0.501. The van der Waals surface area contributed by atoms with E-state index in [1.165, 1.54) is 30.3 Å². The van der Waals surface area contributed by atoms with Crippen LogP contribution in [0.3, 0.4) is 0 Å². The number of piperidine rings is 1. The number of alkyl carbamates (subject to hydrolysis) is 1. The molecule has 13 heteroatoms. The number of hydrogen-bond acceptors (Lipinski definition) is 8. The molecule has 39 heavy (non-hydrogen) atoms. The van der Waals surface area contributed by atoms with E-state index in [4.69, 9.17) is 9.26 Å². The van der Waals surface area contributed by atoms with Gasteiger partial charge in [0.15, 0.2) is 5.69 Å². The molecule has 1 aliphatic rings. The van der Waals surface area contributed by atoms with Gasteiger partial charge >= 0.3 is 6.09 Å². The first kappa shape index (κ1) is 29.1. The fourth-order valence-electron chi connectivity index (χ4n) is 4.18. The fraction of sp³-hybridized carbons (Fsp3) is 0.462. The highest BCUT2D eigenvalue weighted by Crippen LogP contribution is 2.20. The van der Waals surface area contributed by atoms with E-state index in [2.05, 4.69) is 26.4 Å². The Kier molecular flexibility index (Phi) is 10.4. The summed E-state index contributed by atoms with van der Waals surface area (Å²) in [6.45, 7) is 4.06. The Morgan fingerprint density at radius 2 is 2.03 bits per heavy atom. The maximum Gasteiger partial charge on any atom is 0.408 e. The quantitative estimate of drug-likeness (QED) is 0.330. The van der Waals surface area contributed by atoms with E-state index in [0.717, 1.165) is 0 Å². The number of rotatable bonds is 11. The van der Waals surface area contributed by atoms with E-state index in [1.807, 2.05) is 6.07 Å². The van der Waals surface area contributed by atoms with E-state index < -0.39 is 47.8 Å². The molecule has 1 aliphatic heterocycles. The van der Waals surface area contributed by atoms with E-state index >= 15 is 0 Å². The number of amides is 4. The molecule has 4 atom stereocenters. The van der Waals surface area contributed by atoms with Crippen LogP contribution in [0.5, 0.6) is 0 Å². The first-order valence-electron chi connectivity index (χ1n) is 12.6. The van der Waals surface area contributed by atoms with Crippen LogP contribution in [0, 0.1) is 30.0 Å². The first-order chi connectivity index (χ1) is 18.7. The summed E-state index contributed by atoms with van der Waals surface area (Å²) in [5.74, 6) is -2.22. The average Bonchev–Trinajstić information content (AvgIpc) is 3.35. The van der Waals surface area contributed by atoms with Crippen LogP contribution in [-0.2, 0) is 20.7 Å². The van der Waals surface area contributed by atoms with Gasteiger partial charge in [0, 0.05) is 31.5 Å². The number of halogens is 1. The molecule has 1 fully saturated rings. The molecule has 0 saturated carbocycles. The summed E-state index contributed by atoms with van der Waals surface area (Å²) >= 11 is 0. The summed E-state index contributed by atoms with van der Waals surface area (Å²) in [5, 5.41) is 23.9. The summed E-state index contributed by atoms with van der Waals surface area (Å²) in [4.78, 5) is 50.9. The number of aryl methyl sites for hydroxylation is 1. The zero-order valence-electron chi connectivity index (χ0n) is 21.7. The van der Waals surface area contributed by atoms with Gasteiger partial charge in [0.1, 0.15) is 23.7 Å². The molecule has 0 unspecified atom stereocenters. The van der Waals surface area contributed by atoms with Crippen molar-refractivity contribution < 1.29 is 32.8 Å². The summed E-state index contributed by atoms with van der Waals surface area (Å²) < 4.78 is 23.6. The van der Waals surface area contributed by atoms with E-state index in [1.54, 1.807) is 13.8 Å². The second-order valence-electron chi connectivity index (χ2n) is 9.15. The van der Waals surface area contributed by atoms with Crippen molar-refractivity contribution in [2.24, 2.45) is 5.92 Å². The van der Waals surface area contributed by atoms with Crippen LogP contribution in [0.15, 0.2) is 34.9 Å². The van der Waals surface area contributed by atoms with Crippen LogP contribution in [0.4, 0.5) is 9.18 Å². The zero-order valence-corrected chi connectivity index (χ0v) is 21.7. The lowest BCUT2D eigenvalue weighted by Crippen LogP contribution is -2.55. The molecule has 0 aliphatic carbocycles. The molecule has 1 saturated heterocycles. The van der Waals surface area contributed by atoms with Crippen LogP contribution in [0.25, 0.3) is 0 Å². The SMILES string of the molecule is CCNC(=O)O[C@H](C#N)[C@H](C[C@@H]1CCCNC1=O)NC(=O)[C@H](Cc1ccc(F)cc1)NC(=O)c1cc(C)on1. The minimum absolute atomic E-state index is 0.0227. The van der Waals surface area contributed by atoms with Crippen LogP contribution in [0.1, 0.15) is 48.0 Å². The molecule has 0 bridgehead atoms. The molecule has 12 nitrogen and oxygen atoms in total. The van der Waals surface area contributed by atoms with Gasteiger partial charge in [-0.25, -0.2) is 9.18 Å². The van der Waals surface area contributed by atoms with Crippen LogP contribution in [0.2, 0.25) is 0 Å². The summed E-state index contributed by atoms with van der Waals surface area (Å²) in [6, 6.07) is 6.43. The molecule has 4 N–H and O–H groups in total. The Balaban J connectivity index is 1.85. The number of benzene rings is 1. The van der Waals surface area contributed by atoms with Gasteiger partial charge in [0.25, 0.3) is 5.91 Å². The molecular formula is C26H31FN6O6. The van der Waals surface area contributed by atoms with Gasteiger partial charge in [-0.15, -0.1) is 0 Å². The molecule has 208 valence electrons. The van der Waals surface area contributed by atoms with Crippen LogP contribution >= 0.6 is 0 Å². The molecule has 1 aromatic carbocycles. The highest BCUT2D eigenvalue weighted by Gasteiger charge is 2.35. The summed E-state index contributed by atoms with van der Waals surface area (Å²) in [7, 11) is 0. The van der Waals surface area contributed by atoms with Gasteiger partial charge < -0.3 is 30.5 Å². The van der Waals surface area contributed by atoms with Crippen LogP contribution < -0.4 is 21.3 Å². The topological polar surface area (TPSA) is 175 Å². The Hall–Kier alpha value is -4.47. The Morgan fingerprint density at radius 3 is 2.64 bits per heavy atom. The van der Waals surface area contributed by atoms with Crippen molar-refractivity contribution in [1.82, 2.24) is 26.4 Å². The molecule has 1 aromatic heterocycles. The van der Waals surface area contributed by atoms with Crippen molar-refractivity contribution in [3.63, 3.8) is 0 Å². The lowest BCUT2D eigenvalue weighted by atomic mass is 9.89.